The Kier molecular flexibility index (Phi) is 8.89. The smallest absolute Gasteiger partial charge is 0.0661 e. The van der Waals surface area contributed by atoms with Gasteiger partial charge in [-0.3, -0.25) is 4.99 Å². The van der Waals surface area contributed by atoms with Gasteiger partial charge in [-0.25, -0.2) is 0 Å². The third kappa shape index (κ3) is 6.42. The molecule has 2 aromatic rings. The first kappa shape index (κ1) is 23.1. The Balaban J connectivity index is 2.17. The van der Waals surface area contributed by atoms with E-state index in [4.69, 9.17) is 4.99 Å². The van der Waals surface area contributed by atoms with E-state index >= 15 is 0 Å². The van der Waals surface area contributed by atoms with Crippen molar-refractivity contribution in [3.05, 3.63) is 75.4 Å². The molecule has 1 unspecified atom stereocenters. The zero-order valence-corrected chi connectivity index (χ0v) is 19.6. The second-order valence-electron chi connectivity index (χ2n) is 8.29. The first-order valence-electron chi connectivity index (χ1n) is 11.3. The molecule has 0 aliphatic heterocycles. The zero-order valence-electron chi connectivity index (χ0n) is 19.6. The lowest BCUT2D eigenvalue weighted by Crippen LogP contribution is -1.99. The highest BCUT2D eigenvalue weighted by molar-refractivity contribution is 5.82. The Bertz CT molecular complexity index is 848. The average Bonchev–Trinajstić information content (AvgIpc) is 2.74. The summed E-state index contributed by atoms with van der Waals surface area (Å²) in [7, 11) is 0. The Morgan fingerprint density at radius 1 is 0.862 bits per heavy atom. The maximum Gasteiger partial charge on any atom is 0.0661 e. The zero-order chi connectivity index (χ0) is 21.4. The summed E-state index contributed by atoms with van der Waals surface area (Å²) in [5.74, 6) is 0.552. The summed E-state index contributed by atoms with van der Waals surface area (Å²) in [6, 6.07) is 11.7. The van der Waals surface area contributed by atoms with Crippen molar-refractivity contribution in [2.75, 3.05) is 0 Å². The third-order valence-corrected chi connectivity index (χ3v) is 6.13. The Morgan fingerprint density at radius 3 is 2.03 bits per heavy atom. The van der Waals surface area contributed by atoms with Crippen LogP contribution in [0, 0.1) is 19.8 Å². The van der Waals surface area contributed by atoms with E-state index in [0.717, 1.165) is 37.8 Å². The van der Waals surface area contributed by atoms with Gasteiger partial charge in [-0.05, 0) is 104 Å². The molecule has 2 rings (SSSR count). The maximum absolute atomic E-state index is 4.82. The van der Waals surface area contributed by atoms with Crippen LogP contribution in [0.3, 0.4) is 0 Å². The van der Waals surface area contributed by atoms with Crippen LogP contribution in [0.5, 0.6) is 0 Å². The molecule has 1 heteroatoms. The van der Waals surface area contributed by atoms with E-state index in [9.17, 15) is 0 Å². The maximum atomic E-state index is 4.82. The second-order valence-corrected chi connectivity index (χ2v) is 8.29. The first-order valence-corrected chi connectivity index (χ1v) is 11.3. The number of aliphatic imine (C=N–C) groups is 1. The lowest BCUT2D eigenvalue weighted by atomic mass is 9.95. The number of nitrogens with zero attached hydrogens (tertiary/aromatic N) is 1. The van der Waals surface area contributed by atoms with Crippen LogP contribution in [0.2, 0.25) is 0 Å². The van der Waals surface area contributed by atoms with Crippen LogP contribution in [-0.4, -0.2) is 6.21 Å². The van der Waals surface area contributed by atoms with Crippen molar-refractivity contribution < 1.29 is 0 Å². The molecule has 0 bridgehead atoms. The van der Waals surface area contributed by atoms with Gasteiger partial charge in [0.1, 0.15) is 0 Å². The molecule has 0 saturated heterocycles. The van der Waals surface area contributed by atoms with E-state index in [2.05, 4.69) is 91.1 Å². The van der Waals surface area contributed by atoms with E-state index in [1.54, 1.807) is 0 Å². The van der Waals surface area contributed by atoms with E-state index in [0.29, 0.717) is 5.92 Å². The number of aryl methyl sites for hydroxylation is 6. The SMILES string of the molecule is C/C=C(/C=Nc1cc(C)c(CCc2cc(CC)cc(CC)c2)cc1C)C(C)CC. The topological polar surface area (TPSA) is 12.4 Å². The molecule has 0 aromatic heterocycles. The molecule has 2 aromatic carbocycles. The molecule has 29 heavy (non-hydrogen) atoms. The van der Waals surface area contributed by atoms with Gasteiger partial charge in [0, 0.05) is 6.21 Å². The van der Waals surface area contributed by atoms with Crippen molar-refractivity contribution in [2.45, 2.75) is 80.6 Å². The number of rotatable bonds is 9. The molecule has 1 nitrogen and oxygen atoms in total. The highest BCUT2D eigenvalue weighted by Gasteiger charge is 2.07. The molecule has 0 aliphatic rings. The summed E-state index contributed by atoms with van der Waals surface area (Å²) in [6.07, 6.45) is 9.77. The fourth-order valence-corrected chi connectivity index (χ4v) is 3.81. The summed E-state index contributed by atoms with van der Waals surface area (Å²) in [5, 5.41) is 0. The van der Waals surface area contributed by atoms with Crippen LogP contribution in [0.15, 0.2) is 47.0 Å². The average molecular weight is 390 g/mol. The molecule has 0 heterocycles. The summed E-state index contributed by atoms with van der Waals surface area (Å²) < 4.78 is 0. The third-order valence-electron chi connectivity index (χ3n) is 6.13. The quantitative estimate of drug-likeness (QED) is 0.386. The van der Waals surface area contributed by atoms with Gasteiger partial charge in [0.15, 0.2) is 0 Å². The Labute approximate surface area is 179 Å². The minimum atomic E-state index is 0.552. The van der Waals surface area contributed by atoms with E-state index in [1.165, 1.54) is 39.0 Å². The van der Waals surface area contributed by atoms with Crippen molar-refractivity contribution in [1.29, 1.82) is 0 Å². The van der Waals surface area contributed by atoms with Crippen molar-refractivity contribution in [3.8, 4) is 0 Å². The summed E-state index contributed by atoms with van der Waals surface area (Å²) >= 11 is 0. The van der Waals surface area contributed by atoms with E-state index < -0.39 is 0 Å². The van der Waals surface area contributed by atoms with Gasteiger partial charge >= 0.3 is 0 Å². The van der Waals surface area contributed by atoms with Crippen molar-refractivity contribution >= 4 is 11.9 Å². The fraction of sp³-hybridized carbons (Fsp3) is 0.464. The standard InChI is InChI=1S/C28H39N/c1-8-20(5)26(11-4)19-29-28-15-21(6)27(14-22(28)7)13-12-25-17-23(9-2)16-24(10-3)18-25/h11,14-20H,8-10,12-13H2,1-7H3/b26-11-,29-19?. The molecular weight excluding hydrogens is 350 g/mol. The predicted octanol–water partition coefficient (Wildman–Crippen LogP) is 7.91. The minimum Gasteiger partial charge on any atom is -0.256 e. The fourth-order valence-electron chi connectivity index (χ4n) is 3.81. The molecule has 156 valence electrons. The molecule has 0 amide bonds. The van der Waals surface area contributed by atoms with Gasteiger partial charge in [-0.1, -0.05) is 58.0 Å². The summed E-state index contributed by atoms with van der Waals surface area (Å²) in [6.45, 7) is 15.5. The van der Waals surface area contributed by atoms with Gasteiger partial charge in [-0.15, -0.1) is 0 Å². The van der Waals surface area contributed by atoms with Crippen LogP contribution in [-0.2, 0) is 25.7 Å². The number of hydrogen-bond acceptors (Lipinski definition) is 1. The minimum absolute atomic E-state index is 0.552. The molecule has 0 radical (unpaired) electrons. The highest BCUT2D eigenvalue weighted by Crippen LogP contribution is 2.25. The van der Waals surface area contributed by atoms with Gasteiger partial charge in [0.2, 0.25) is 0 Å². The lowest BCUT2D eigenvalue weighted by molar-refractivity contribution is 0.679. The number of hydrogen-bond donors (Lipinski definition) is 0. The predicted molar refractivity (Wildman–Crippen MR) is 130 cm³/mol. The largest absolute Gasteiger partial charge is 0.256 e. The molecular formula is C28H39N. The summed E-state index contributed by atoms with van der Waals surface area (Å²) in [4.78, 5) is 4.82. The van der Waals surface area contributed by atoms with E-state index in [-0.39, 0.29) is 0 Å². The number of benzene rings is 2. The van der Waals surface area contributed by atoms with Gasteiger partial charge in [-0.2, -0.15) is 0 Å². The Morgan fingerprint density at radius 2 is 1.48 bits per heavy atom. The van der Waals surface area contributed by atoms with Crippen LogP contribution in [0.25, 0.3) is 0 Å². The second kappa shape index (κ2) is 11.1. The van der Waals surface area contributed by atoms with Crippen molar-refractivity contribution in [1.82, 2.24) is 0 Å². The summed E-state index contributed by atoms with van der Waals surface area (Å²) in [5.41, 5.74) is 10.8. The van der Waals surface area contributed by atoms with Crippen molar-refractivity contribution in [2.24, 2.45) is 10.9 Å². The van der Waals surface area contributed by atoms with Gasteiger partial charge < -0.3 is 0 Å². The number of allylic oxidation sites excluding steroid dienone is 2. The molecule has 1 atom stereocenters. The van der Waals surface area contributed by atoms with Crippen LogP contribution >= 0.6 is 0 Å². The first-order chi connectivity index (χ1) is 13.9. The monoisotopic (exact) mass is 389 g/mol. The lowest BCUT2D eigenvalue weighted by Gasteiger charge is -2.12. The Hall–Kier alpha value is -2.15. The van der Waals surface area contributed by atoms with Crippen LogP contribution in [0.1, 0.15) is 74.4 Å². The normalized spacial score (nSPS) is 13.3. The molecule has 0 N–H and O–H groups in total. The van der Waals surface area contributed by atoms with E-state index in [1.807, 2.05) is 0 Å². The van der Waals surface area contributed by atoms with Gasteiger partial charge in [0.05, 0.1) is 5.69 Å². The highest BCUT2D eigenvalue weighted by atomic mass is 14.7. The molecule has 0 fully saturated rings. The van der Waals surface area contributed by atoms with Crippen LogP contribution in [0.4, 0.5) is 5.69 Å². The van der Waals surface area contributed by atoms with Gasteiger partial charge in [0.25, 0.3) is 0 Å². The molecule has 0 saturated carbocycles. The van der Waals surface area contributed by atoms with Crippen LogP contribution < -0.4 is 0 Å². The molecule has 0 spiro atoms. The van der Waals surface area contributed by atoms with Crippen molar-refractivity contribution in [3.63, 3.8) is 0 Å². The molecule has 0 aliphatic carbocycles.